The molecule has 0 saturated heterocycles. The highest BCUT2D eigenvalue weighted by molar-refractivity contribution is 5.79. The van der Waals surface area contributed by atoms with Gasteiger partial charge in [0.15, 0.2) is 0 Å². The lowest BCUT2D eigenvalue weighted by molar-refractivity contribution is -0.146. The van der Waals surface area contributed by atoms with Crippen LogP contribution in [0.5, 0.6) is 0 Å². The molecule has 0 heterocycles. The maximum atomic E-state index is 12.1. The fraction of sp³-hybridized carbons (Fsp3) is 0.529. The smallest absolute Gasteiger partial charge is 0.308 e. The molecule has 0 atom stereocenters. The van der Waals surface area contributed by atoms with E-state index in [1.54, 1.807) is 0 Å². The van der Waals surface area contributed by atoms with Gasteiger partial charge < -0.3 is 10.1 Å². The number of nitrogens with one attached hydrogen (secondary N) is 1. The van der Waals surface area contributed by atoms with E-state index in [9.17, 15) is 9.59 Å². The molecule has 0 unspecified atom stereocenters. The number of ether oxygens (including phenoxy) is 1. The van der Waals surface area contributed by atoms with Crippen molar-refractivity contribution >= 4 is 11.9 Å². The Morgan fingerprint density at radius 1 is 1.19 bits per heavy atom. The van der Waals surface area contributed by atoms with Crippen LogP contribution in [0.15, 0.2) is 24.3 Å². The molecule has 0 radical (unpaired) electrons. The largest absolute Gasteiger partial charge is 0.469 e. The van der Waals surface area contributed by atoms with Crippen molar-refractivity contribution in [1.29, 1.82) is 0 Å². The minimum Gasteiger partial charge on any atom is -0.469 e. The predicted molar refractivity (Wildman–Crippen MR) is 80.8 cm³/mol. The van der Waals surface area contributed by atoms with Gasteiger partial charge in [-0.05, 0) is 43.7 Å². The van der Waals surface area contributed by atoms with Crippen LogP contribution in [0.3, 0.4) is 0 Å². The summed E-state index contributed by atoms with van der Waals surface area (Å²) in [6.07, 6.45) is 3.70. The van der Waals surface area contributed by atoms with Gasteiger partial charge in [-0.15, -0.1) is 0 Å². The molecule has 21 heavy (non-hydrogen) atoms. The van der Waals surface area contributed by atoms with Crippen LogP contribution in [-0.4, -0.2) is 25.0 Å². The highest BCUT2D eigenvalue weighted by Gasteiger charge is 2.27. The fourth-order valence-electron chi connectivity index (χ4n) is 2.90. The van der Waals surface area contributed by atoms with E-state index in [-0.39, 0.29) is 23.8 Å². The molecule has 2 rings (SSSR count). The van der Waals surface area contributed by atoms with Crippen LogP contribution in [0.1, 0.15) is 36.8 Å². The summed E-state index contributed by atoms with van der Waals surface area (Å²) >= 11 is 0. The van der Waals surface area contributed by atoms with Crippen molar-refractivity contribution in [2.45, 2.75) is 45.1 Å². The molecule has 0 spiro atoms. The van der Waals surface area contributed by atoms with Crippen LogP contribution in [0.2, 0.25) is 0 Å². The van der Waals surface area contributed by atoms with Crippen molar-refractivity contribution in [3.8, 4) is 0 Å². The highest BCUT2D eigenvalue weighted by atomic mass is 16.5. The zero-order valence-electron chi connectivity index (χ0n) is 12.7. The normalized spacial score (nSPS) is 21.6. The molecule has 1 N–H and O–H groups in total. The average molecular weight is 289 g/mol. The van der Waals surface area contributed by atoms with Gasteiger partial charge in [-0.25, -0.2) is 0 Å². The fourth-order valence-corrected chi connectivity index (χ4v) is 2.90. The Balaban J connectivity index is 1.80. The number of rotatable bonds is 4. The van der Waals surface area contributed by atoms with E-state index in [4.69, 9.17) is 4.74 Å². The van der Waals surface area contributed by atoms with Gasteiger partial charge in [0.1, 0.15) is 0 Å². The summed E-state index contributed by atoms with van der Waals surface area (Å²) in [5.41, 5.74) is 2.21. The van der Waals surface area contributed by atoms with E-state index in [2.05, 4.69) is 5.32 Å². The lowest BCUT2D eigenvalue weighted by Gasteiger charge is -2.27. The van der Waals surface area contributed by atoms with Crippen molar-refractivity contribution in [3.05, 3.63) is 35.4 Å². The van der Waals surface area contributed by atoms with Crippen LogP contribution in [0.4, 0.5) is 0 Å². The van der Waals surface area contributed by atoms with Gasteiger partial charge in [-0.1, -0.05) is 24.3 Å². The molecular formula is C17H23NO3. The van der Waals surface area contributed by atoms with Crippen molar-refractivity contribution in [2.75, 3.05) is 7.11 Å². The molecule has 1 fully saturated rings. The van der Waals surface area contributed by atoms with E-state index >= 15 is 0 Å². The van der Waals surface area contributed by atoms with Gasteiger partial charge in [0.25, 0.3) is 0 Å². The third-order valence-corrected chi connectivity index (χ3v) is 4.24. The maximum absolute atomic E-state index is 12.1. The SMILES string of the molecule is COC(=O)C1CCC(NC(=O)Cc2ccccc2C)CC1. The molecule has 1 aromatic carbocycles. The summed E-state index contributed by atoms with van der Waals surface area (Å²) in [7, 11) is 1.43. The zero-order valence-corrected chi connectivity index (χ0v) is 12.7. The van der Waals surface area contributed by atoms with Gasteiger partial charge in [-0.3, -0.25) is 9.59 Å². The average Bonchev–Trinajstić information content (AvgIpc) is 2.49. The molecule has 1 saturated carbocycles. The Labute approximate surface area is 125 Å². The molecule has 1 aliphatic carbocycles. The van der Waals surface area contributed by atoms with Crippen LogP contribution in [0, 0.1) is 12.8 Å². The summed E-state index contributed by atoms with van der Waals surface area (Å²) in [4.78, 5) is 23.6. The lowest BCUT2D eigenvalue weighted by atomic mass is 9.86. The van der Waals surface area contributed by atoms with Crippen molar-refractivity contribution in [3.63, 3.8) is 0 Å². The number of amides is 1. The summed E-state index contributed by atoms with van der Waals surface area (Å²) in [5, 5.41) is 3.08. The number of methoxy groups -OCH3 is 1. The Bertz CT molecular complexity index is 505. The first kappa shape index (κ1) is 15.5. The first-order valence-electron chi connectivity index (χ1n) is 7.52. The van der Waals surface area contributed by atoms with Gasteiger partial charge in [0.05, 0.1) is 19.4 Å². The van der Waals surface area contributed by atoms with Gasteiger partial charge in [0, 0.05) is 6.04 Å². The number of benzene rings is 1. The monoisotopic (exact) mass is 289 g/mol. The van der Waals surface area contributed by atoms with Crippen LogP contribution in [0.25, 0.3) is 0 Å². The second-order valence-electron chi connectivity index (χ2n) is 5.74. The Morgan fingerprint density at radius 2 is 1.86 bits per heavy atom. The van der Waals surface area contributed by atoms with Crippen molar-refractivity contribution in [1.82, 2.24) is 5.32 Å². The van der Waals surface area contributed by atoms with E-state index in [1.165, 1.54) is 7.11 Å². The van der Waals surface area contributed by atoms with E-state index in [0.29, 0.717) is 6.42 Å². The first-order chi connectivity index (χ1) is 10.1. The van der Waals surface area contributed by atoms with E-state index < -0.39 is 0 Å². The number of aryl methyl sites for hydroxylation is 1. The van der Waals surface area contributed by atoms with Crippen molar-refractivity contribution in [2.24, 2.45) is 5.92 Å². The molecule has 4 nitrogen and oxygen atoms in total. The molecular weight excluding hydrogens is 266 g/mol. The van der Waals surface area contributed by atoms with Crippen molar-refractivity contribution < 1.29 is 14.3 Å². The highest BCUT2D eigenvalue weighted by Crippen LogP contribution is 2.25. The summed E-state index contributed by atoms with van der Waals surface area (Å²) in [6, 6.07) is 8.12. The number of carbonyl (C=O) groups excluding carboxylic acids is 2. The van der Waals surface area contributed by atoms with Crippen LogP contribution >= 0.6 is 0 Å². The van der Waals surface area contributed by atoms with Gasteiger partial charge in [0.2, 0.25) is 5.91 Å². The molecule has 1 aliphatic rings. The molecule has 4 heteroatoms. The lowest BCUT2D eigenvalue weighted by Crippen LogP contribution is -2.39. The Hall–Kier alpha value is -1.84. The standard InChI is InChI=1S/C17H23NO3/c1-12-5-3-4-6-14(12)11-16(19)18-15-9-7-13(8-10-15)17(20)21-2/h3-6,13,15H,7-11H2,1-2H3,(H,18,19). The van der Waals surface area contributed by atoms with Crippen LogP contribution in [-0.2, 0) is 20.7 Å². The van der Waals surface area contributed by atoms with Gasteiger partial charge in [-0.2, -0.15) is 0 Å². The molecule has 0 bridgehead atoms. The minimum absolute atomic E-state index is 0.000445. The van der Waals surface area contributed by atoms with Crippen LogP contribution < -0.4 is 5.32 Å². The summed E-state index contributed by atoms with van der Waals surface area (Å²) in [6.45, 7) is 2.02. The zero-order chi connectivity index (χ0) is 15.2. The third-order valence-electron chi connectivity index (χ3n) is 4.24. The number of esters is 1. The molecule has 114 valence electrons. The molecule has 0 aliphatic heterocycles. The quantitative estimate of drug-likeness (QED) is 0.866. The second-order valence-corrected chi connectivity index (χ2v) is 5.74. The topological polar surface area (TPSA) is 55.4 Å². The third kappa shape index (κ3) is 4.31. The molecule has 1 amide bonds. The maximum Gasteiger partial charge on any atom is 0.308 e. The summed E-state index contributed by atoms with van der Waals surface area (Å²) < 4.78 is 4.77. The number of carbonyl (C=O) groups is 2. The van der Waals surface area contributed by atoms with E-state index in [0.717, 1.165) is 36.8 Å². The molecule has 1 aromatic rings. The Kier molecular flexibility index (Phi) is 5.37. The minimum atomic E-state index is -0.125. The predicted octanol–water partition coefficient (Wildman–Crippen LogP) is 2.39. The van der Waals surface area contributed by atoms with E-state index in [1.807, 2.05) is 31.2 Å². The Morgan fingerprint density at radius 3 is 2.48 bits per heavy atom. The molecule has 0 aromatic heterocycles. The number of hydrogen-bond acceptors (Lipinski definition) is 3. The second kappa shape index (κ2) is 7.25. The first-order valence-corrected chi connectivity index (χ1v) is 7.52. The summed E-state index contributed by atoms with van der Waals surface area (Å²) in [5.74, 6) is -0.0648. The number of hydrogen-bond donors (Lipinski definition) is 1. The van der Waals surface area contributed by atoms with Gasteiger partial charge >= 0.3 is 5.97 Å².